The van der Waals surface area contributed by atoms with Crippen molar-refractivity contribution in [2.24, 2.45) is 0 Å². The molecule has 1 aromatic carbocycles. The predicted molar refractivity (Wildman–Crippen MR) is 125 cm³/mol. The molecular formula is C23H30N2O7S. The number of hydrogen-bond donors (Lipinski definition) is 1. The van der Waals surface area contributed by atoms with Gasteiger partial charge in [0.15, 0.2) is 0 Å². The molecule has 1 amide bonds. The van der Waals surface area contributed by atoms with Crippen molar-refractivity contribution in [3.05, 3.63) is 46.3 Å². The van der Waals surface area contributed by atoms with Crippen LogP contribution in [0.4, 0.5) is 5.00 Å². The van der Waals surface area contributed by atoms with Gasteiger partial charge in [0.05, 0.1) is 25.3 Å². The van der Waals surface area contributed by atoms with Gasteiger partial charge in [-0.25, -0.2) is 9.59 Å². The largest absolute Gasteiger partial charge is 0.492 e. The SMILES string of the molecule is CCOC(=O)c1c(NC(=O)CN(C)CCOc2ccccc2)sc(C(=O)OCCOC)c1C. The van der Waals surface area contributed by atoms with Gasteiger partial charge in [0.2, 0.25) is 5.91 Å². The van der Waals surface area contributed by atoms with Crippen molar-refractivity contribution in [2.45, 2.75) is 13.8 Å². The van der Waals surface area contributed by atoms with Crippen molar-refractivity contribution < 1.29 is 33.3 Å². The Bertz CT molecular complexity index is 930. The van der Waals surface area contributed by atoms with Crippen LogP contribution in [0.15, 0.2) is 30.3 Å². The Morgan fingerprint density at radius 2 is 1.76 bits per heavy atom. The van der Waals surface area contributed by atoms with Crippen LogP contribution in [0.3, 0.4) is 0 Å². The summed E-state index contributed by atoms with van der Waals surface area (Å²) in [5.41, 5.74) is 0.560. The molecule has 180 valence electrons. The highest BCUT2D eigenvalue weighted by Crippen LogP contribution is 2.34. The molecule has 0 fully saturated rings. The second-order valence-corrected chi connectivity index (χ2v) is 8.08. The van der Waals surface area contributed by atoms with E-state index < -0.39 is 11.9 Å². The van der Waals surface area contributed by atoms with E-state index >= 15 is 0 Å². The van der Waals surface area contributed by atoms with Crippen LogP contribution in [0.1, 0.15) is 32.5 Å². The number of carbonyl (C=O) groups excluding carboxylic acids is 3. The number of likely N-dealkylation sites (N-methyl/N-ethyl adjacent to an activating group) is 1. The van der Waals surface area contributed by atoms with Gasteiger partial charge < -0.3 is 24.3 Å². The molecule has 1 N–H and O–H groups in total. The first-order valence-corrected chi connectivity index (χ1v) is 11.3. The molecule has 0 radical (unpaired) electrons. The van der Waals surface area contributed by atoms with Crippen molar-refractivity contribution in [1.29, 1.82) is 0 Å². The molecule has 0 unspecified atom stereocenters. The lowest BCUT2D eigenvalue weighted by Crippen LogP contribution is -2.33. The van der Waals surface area contributed by atoms with E-state index in [0.717, 1.165) is 17.1 Å². The number of para-hydroxylation sites is 1. The topological polar surface area (TPSA) is 103 Å². The van der Waals surface area contributed by atoms with Gasteiger partial charge >= 0.3 is 11.9 Å². The van der Waals surface area contributed by atoms with Crippen LogP contribution >= 0.6 is 11.3 Å². The molecule has 2 rings (SSSR count). The zero-order valence-electron chi connectivity index (χ0n) is 19.3. The van der Waals surface area contributed by atoms with Crippen LogP contribution < -0.4 is 10.1 Å². The Morgan fingerprint density at radius 3 is 2.42 bits per heavy atom. The third-order valence-corrected chi connectivity index (χ3v) is 5.67. The summed E-state index contributed by atoms with van der Waals surface area (Å²) < 4.78 is 20.8. The zero-order chi connectivity index (χ0) is 24.2. The van der Waals surface area contributed by atoms with Gasteiger partial charge in [0.1, 0.15) is 28.8 Å². The number of carbonyl (C=O) groups is 3. The summed E-state index contributed by atoms with van der Waals surface area (Å²) in [6, 6.07) is 9.41. The number of thiophene rings is 1. The number of anilines is 1. The molecule has 1 aromatic heterocycles. The van der Waals surface area contributed by atoms with Gasteiger partial charge in [0, 0.05) is 13.7 Å². The van der Waals surface area contributed by atoms with Gasteiger partial charge in [-0.3, -0.25) is 9.69 Å². The van der Waals surface area contributed by atoms with Gasteiger partial charge in [0.25, 0.3) is 0 Å². The smallest absolute Gasteiger partial charge is 0.348 e. The standard InChI is InChI=1S/C23H30N2O7S/c1-5-30-22(27)19-16(2)20(23(28)32-14-13-29-4)33-21(19)24-18(26)15-25(3)11-12-31-17-9-7-6-8-10-17/h6-10H,5,11-15H2,1-4H3,(H,24,26). The average Bonchev–Trinajstić information content (AvgIpc) is 3.10. The maximum atomic E-state index is 12.6. The monoisotopic (exact) mass is 478 g/mol. The van der Waals surface area contributed by atoms with E-state index in [2.05, 4.69) is 5.32 Å². The van der Waals surface area contributed by atoms with E-state index in [0.29, 0.717) is 18.7 Å². The lowest BCUT2D eigenvalue weighted by molar-refractivity contribution is -0.117. The van der Waals surface area contributed by atoms with E-state index in [4.69, 9.17) is 18.9 Å². The molecule has 0 spiro atoms. The lowest BCUT2D eigenvalue weighted by atomic mass is 10.1. The quantitative estimate of drug-likeness (QED) is 0.346. The van der Waals surface area contributed by atoms with Crippen molar-refractivity contribution in [3.8, 4) is 5.75 Å². The number of nitrogens with one attached hydrogen (secondary N) is 1. The van der Waals surface area contributed by atoms with Gasteiger partial charge in [-0.05, 0) is 38.6 Å². The van der Waals surface area contributed by atoms with Crippen LogP contribution in [0, 0.1) is 6.92 Å². The third-order valence-electron chi connectivity index (χ3n) is 4.48. The molecule has 0 aliphatic rings. The molecule has 0 saturated heterocycles. The summed E-state index contributed by atoms with van der Waals surface area (Å²) in [5.74, 6) is -0.769. The molecule has 0 atom stereocenters. The maximum absolute atomic E-state index is 12.6. The van der Waals surface area contributed by atoms with Crippen LogP contribution in [-0.2, 0) is 19.0 Å². The second kappa shape index (κ2) is 13.6. The highest BCUT2D eigenvalue weighted by atomic mass is 32.1. The molecule has 9 nitrogen and oxygen atoms in total. The van der Waals surface area contributed by atoms with Crippen molar-refractivity contribution >= 4 is 34.2 Å². The van der Waals surface area contributed by atoms with E-state index in [1.165, 1.54) is 7.11 Å². The number of esters is 2. The minimum atomic E-state index is -0.609. The van der Waals surface area contributed by atoms with Crippen molar-refractivity contribution in [2.75, 3.05) is 59.0 Å². The number of amides is 1. The minimum Gasteiger partial charge on any atom is -0.492 e. The zero-order valence-corrected chi connectivity index (χ0v) is 20.2. The van der Waals surface area contributed by atoms with Crippen molar-refractivity contribution in [1.82, 2.24) is 4.90 Å². The molecule has 0 aliphatic heterocycles. The number of ether oxygens (including phenoxy) is 4. The molecule has 0 aliphatic carbocycles. The number of rotatable bonds is 13. The molecule has 33 heavy (non-hydrogen) atoms. The van der Waals surface area contributed by atoms with Gasteiger partial charge in [-0.1, -0.05) is 18.2 Å². The van der Waals surface area contributed by atoms with Crippen molar-refractivity contribution in [3.63, 3.8) is 0 Å². The van der Waals surface area contributed by atoms with Crippen LogP contribution in [0.5, 0.6) is 5.75 Å². The first kappa shape index (κ1) is 26.3. The Morgan fingerprint density at radius 1 is 1.03 bits per heavy atom. The van der Waals surface area contributed by atoms with Gasteiger partial charge in [-0.15, -0.1) is 11.3 Å². The lowest BCUT2D eigenvalue weighted by Gasteiger charge is -2.16. The Hall–Kier alpha value is -2.95. The summed E-state index contributed by atoms with van der Waals surface area (Å²) in [4.78, 5) is 39.6. The van der Waals surface area contributed by atoms with E-state index in [-0.39, 0.29) is 47.7 Å². The number of hydrogen-bond acceptors (Lipinski definition) is 9. The molecule has 0 bridgehead atoms. The highest BCUT2D eigenvalue weighted by Gasteiger charge is 2.27. The summed E-state index contributed by atoms with van der Waals surface area (Å²) in [6.45, 7) is 4.82. The summed E-state index contributed by atoms with van der Waals surface area (Å²) >= 11 is 0.986. The number of nitrogens with zero attached hydrogens (tertiary/aromatic N) is 1. The first-order chi connectivity index (χ1) is 15.9. The minimum absolute atomic E-state index is 0.0744. The van der Waals surface area contributed by atoms with E-state index in [9.17, 15) is 14.4 Å². The number of benzene rings is 1. The van der Waals surface area contributed by atoms with Crippen LogP contribution in [0.2, 0.25) is 0 Å². The normalized spacial score (nSPS) is 10.7. The Balaban J connectivity index is 2.02. The molecule has 2 aromatic rings. The summed E-state index contributed by atoms with van der Waals surface area (Å²) in [7, 11) is 3.29. The third kappa shape index (κ3) is 8.16. The van der Waals surface area contributed by atoms with Gasteiger partial charge in [-0.2, -0.15) is 0 Å². The number of methoxy groups -OCH3 is 1. The molecule has 1 heterocycles. The molecule has 0 saturated carbocycles. The summed E-state index contributed by atoms with van der Waals surface area (Å²) in [5, 5.41) is 2.99. The average molecular weight is 479 g/mol. The molecular weight excluding hydrogens is 448 g/mol. The highest BCUT2D eigenvalue weighted by molar-refractivity contribution is 7.18. The van der Waals surface area contributed by atoms with E-state index in [1.54, 1.807) is 25.8 Å². The fourth-order valence-corrected chi connectivity index (χ4v) is 3.96. The van der Waals surface area contributed by atoms with E-state index in [1.807, 2.05) is 30.3 Å². The van der Waals surface area contributed by atoms with Crippen LogP contribution in [0.25, 0.3) is 0 Å². The second-order valence-electron chi connectivity index (χ2n) is 7.06. The fourth-order valence-electron chi connectivity index (χ4n) is 2.85. The fraction of sp³-hybridized carbons (Fsp3) is 0.435. The maximum Gasteiger partial charge on any atom is 0.348 e. The summed E-state index contributed by atoms with van der Waals surface area (Å²) in [6.07, 6.45) is 0. The molecule has 10 heteroatoms. The Kier molecular flexibility index (Phi) is 10.8. The van der Waals surface area contributed by atoms with Crippen LogP contribution in [-0.4, -0.2) is 76.4 Å². The predicted octanol–water partition coefficient (Wildman–Crippen LogP) is 2.99. The Labute approximate surface area is 197 Å². The first-order valence-electron chi connectivity index (χ1n) is 10.5.